The molecule has 0 saturated heterocycles. The number of fused-ring (bicyclic) bond motifs is 1. The highest BCUT2D eigenvalue weighted by Gasteiger charge is 2.23. The van der Waals surface area contributed by atoms with Gasteiger partial charge in [-0.1, -0.05) is 17.7 Å². The minimum absolute atomic E-state index is 0.581. The molecular weight excluding hydrogens is 199 g/mol. The molecule has 14 heavy (non-hydrogen) atoms. The molecule has 4 heteroatoms. The van der Waals surface area contributed by atoms with Gasteiger partial charge in [-0.25, -0.2) is 0 Å². The van der Waals surface area contributed by atoms with Gasteiger partial charge >= 0.3 is 8.60 Å². The largest absolute Gasteiger partial charge is 0.426 e. The van der Waals surface area contributed by atoms with Crippen molar-refractivity contribution in [3.63, 3.8) is 0 Å². The fraction of sp³-hybridized carbons (Fsp3) is 0.400. The Kier molecular flexibility index (Phi) is 2.73. The van der Waals surface area contributed by atoms with Crippen molar-refractivity contribution in [1.29, 1.82) is 0 Å². The van der Waals surface area contributed by atoms with Gasteiger partial charge in [0.25, 0.3) is 0 Å². The first-order chi connectivity index (χ1) is 6.70. The topological polar surface area (TPSA) is 27.7 Å². The van der Waals surface area contributed by atoms with Crippen LogP contribution in [0.1, 0.15) is 16.7 Å². The molecule has 2 rings (SSSR count). The molecule has 1 atom stereocenters. The number of aryl methyl sites for hydroxylation is 2. The molecule has 1 heterocycles. The maximum Gasteiger partial charge on any atom is 0.397 e. The molecule has 0 amide bonds. The van der Waals surface area contributed by atoms with Gasteiger partial charge in [-0.3, -0.25) is 4.52 Å². The summed E-state index contributed by atoms with van der Waals surface area (Å²) in [6.07, 6.45) is 0. The van der Waals surface area contributed by atoms with E-state index >= 15 is 0 Å². The lowest BCUT2D eigenvalue weighted by atomic mass is 10.1. The molecule has 1 unspecified atom stereocenters. The van der Waals surface area contributed by atoms with E-state index in [0.717, 1.165) is 16.9 Å². The van der Waals surface area contributed by atoms with E-state index in [1.807, 2.05) is 6.92 Å². The van der Waals surface area contributed by atoms with Gasteiger partial charge in [0.1, 0.15) is 5.75 Å². The van der Waals surface area contributed by atoms with Gasteiger partial charge in [0.05, 0.1) is 6.61 Å². The molecule has 1 aliphatic rings. The van der Waals surface area contributed by atoms with E-state index in [2.05, 4.69) is 19.1 Å². The third kappa shape index (κ3) is 1.76. The Morgan fingerprint density at radius 3 is 2.86 bits per heavy atom. The molecule has 1 aromatic carbocycles. The van der Waals surface area contributed by atoms with Crippen molar-refractivity contribution in [3.8, 4) is 5.75 Å². The highest BCUT2D eigenvalue weighted by Crippen LogP contribution is 2.47. The molecule has 0 aliphatic carbocycles. The Morgan fingerprint density at radius 1 is 1.36 bits per heavy atom. The molecule has 0 spiro atoms. The van der Waals surface area contributed by atoms with Crippen LogP contribution >= 0.6 is 8.60 Å². The lowest BCUT2D eigenvalue weighted by Crippen LogP contribution is -2.06. The zero-order valence-electron chi connectivity index (χ0n) is 8.53. The number of rotatable bonds is 1. The second-order valence-electron chi connectivity index (χ2n) is 3.34. The van der Waals surface area contributed by atoms with E-state index in [-0.39, 0.29) is 0 Å². The molecule has 0 bridgehead atoms. The second kappa shape index (κ2) is 3.85. The standard InChI is InChI=1S/C10H13O3P/c1-7-4-8(2)10-9(5-7)6-12-14(11-3)13-10/h4-5H,6H2,1-3H3. The van der Waals surface area contributed by atoms with E-state index in [9.17, 15) is 0 Å². The zero-order chi connectivity index (χ0) is 10.1. The van der Waals surface area contributed by atoms with Crippen LogP contribution in [0.4, 0.5) is 0 Å². The molecule has 3 nitrogen and oxygen atoms in total. The average Bonchev–Trinajstić information content (AvgIpc) is 2.17. The highest BCUT2D eigenvalue weighted by molar-refractivity contribution is 7.42. The summed E-state index contributed by atoms with van der Waals surface area (Å²) in [5.41, 5.74) is 3.49. The van der Waals surface area contributed by atoms with E-state index in [1.165, 1.54) is 5.56 Å². The van der Waals surface area contributed by atoms with Crippen molar-refractivity contribution in [2.24, 2.45) is 0 Å². The Balaban J connectivity index is 2.37. The third-order valence-corrected chi connectivity index (χ3v) is 3.11. The monoisotopic (exact) mass is 212 g/mol. The lowest BCUT2D eigenvalue weighted by Gasteiger charge is -2.24. The summed E-state index contributed by atoms with van der Waals surface area (Å²) in [4.78, 5) is 0. The van der Waals surface area contributed by atoms with Gasteiger partial charge in [0.15, 0.2) is 0 Å². The normalized spacial score (nSPS) is 20.1. The van der Waals surface area contributed by atoms with Crippen molar-refractivity contribution in [2.45, 2.75) is 20.5 Å². The molecule has 0 N–H and O–H groups in total. The van der Waals surface area contributed by atoms with Gasteiger partial charge < -0.3 is 9.05 Å². The average molecular weight is 212 g/mol. The molecule has 1 aliphatic heterocycles. The highest BCUT2D eigenvalue weighted by atomic mass is 31.2. The van der Waals surface area contributed by atoms with Crippen LogP contribution in [0.15, 0.2) is 12.1 Å². The first kappa shape index (κ1) is 9.91. The van der Waals surface area contributed by atoms with E-state index in [1.54, 1.807) is 7.11 Å². The van der Waals surface area contributed by atoms with E-state index < -0.39 is 8.60 Å². The van der Waals surface area contributed by atoms with Crippen LogP contribution in [0.3, 0.4) is 0 Å². The fourth-order valence-corrected chi connectivity index (χ4v) is 2.48. The Bertz CT molecular complexity index is 351. The van der Waals surface area contributed by atoms with Gasteiger partial charge in [-0.2, -0.15) is 0 Å². The summed E-state index contributed by atoms with van der Waals surface area (Å²) in [7, 11) is 0.415. The second-order valence-corrected chi connectivity index (χ2v) is 4.59. The van der Waals surface area contributed by atoms with Gasteiger partial charge in [-0.05, 0) is 19.4 Å². The number of benzene rings is 1. The lowest BCUT2D eigenvalue weighted by molar-refractivity contribution is 0.206. The first-order valence-corrected chi connectivity index (χ1v) is 5.55. The van der Waals surface area contributed by atoms with Crippen molar-refractivity contribution < 1.29 is 13.6 Å². The Labute approximate surface area is 85.0 Å². The minimum atomic E-state index is -1.18. The molecule has 1 aromatic rings. The third-order valence-electron chi connectivity index (χ3n) is 2.14. The van der Waals surface area contributed by atoms with Crippen LogP contribution in [-0.4, -0.2) is 7.11 Å². The Morgan fingerprint density at radius 2 is 2.14 bits per heavy atom. The minimum Gasteiger partial charge on any atom is -0.426 e. The summed E-state index contributed by atoms with van der Waals surface area (Å²) in [5, 5.41) is 0. The maximum atomic E-state index is 5.59. The van der Waals surface area contributed by atoms with Crippen molar-refractivity contribution in [2.75, 3.05) is 7.11 Å². The number of hydrogen-bond donors (Lipinski definition) is 0. The summed E-state index contributed by atoms with van der Waals surface area (Å²) in [5.74, 6) is 0.926. The molecule has 76 valence electrons. The summed E-state index contributed by atoms with van der Waals surface area (Å²) < 4.78 is 16.0. The van der Waals surface area contributed by atoms with Crippen molar-refractivity contribution in [3.05, 3.63) is 28.8 Å². The van der Waals surface area contributed by atoms with Crippen LogP contribution in [0.5, 0.6) is 5.75 Å². The SMILES string of the molecule is COP1OCc2cc(C)cc(C)c2O1. The van der Waals surface area contributed by atoms with Crippen molar-refractivity contribution >= 4 is 8.60 Å². The van der Waals surface area contributed by atoms with Crippen LogP contribution in [0.2, 0.25) is 0 Å². The van der Waals surface area contributed by atoms with Crippen LogP contribution in [-0.2, 0) is 15.7 Å². The van der Waals surface area contributed by atoms with E-state index in [0.29, 0.717) is 6.61 Å². The first-order valence-electron chi connectivity index (χ1n) is 4.46. The molecule has 0 fully saturated rings. The fourth-order valence-electron chi connectivity index (χ4n) is 1.59. The molecule has 0 saturated carbocycles. The smallest absolute Gasteiger partial charge is 0.397 e. The summed E-state index contributed by atoms with van der Waals surface area (Å²) in [6, 6.07) is 4.19. The zero-order valence-corrected chi connectivity index (χ0v) is 9.43. The summed E-state index contributed by atoms with van der Waals surface area (Å²) >= 11 is 0. The molecule has 0 radical (unpaired) electrons. The van der Waals surface area contributed by atoms with Crippen molar-refractivity contribution in [1.82, 2.24) is 0 Å². The van der Waals surface area contributed by atoms with Crippen LogP contribution in [0.25, 0.3) is 0 Å². The quantitative estimate of drug-likeness (QED) is 0.669. The van der Waals surface area contributed by atoms with Gasteiger partial charge in [0.2, 0.25) is 0 Å². The molecular formula is C10H13O3P. The van der Waals surface area contributed by atoms with Gasteiger partial charge in [0, 0.05) is 12.7 Å². The van der Waals surface area contributed by atoms with Crippen LogP contribution < -0.4 is 4.52 Å². The van der Waals surface area contributed by atoms with E-state index in [4.69, 9.17) is 13.6 Å². The summed E-state index contributed by atoms with van der Waals surface area (Å²) in [6.45, 7) is 4.69. The number of hydrogen-bond acceptors (Lipinski definition) is 3. The molecule has 0 aromatic heterocycles. The van der Waals surface area contributed by atoms with Crippen LogP contribution in [0, 0.1) is 13.8 Å². The Hall–Kier alpha value is -0.630. The van der Waals surface area contributed by atoms with Gasteiger partial charge in [-0.15, -0.1) is 0 Å². The predicted molar refractivity (Wildman–Crippen MR) is 55.3 cm³/mol. The maximum absolute atomic E-state index is 5.59. The predicted octanol–water partition coefficient (Wildman–Crippen LogP) is 3.09.